The van der Waals surface area contributed by atoms with E-state index in [0.29, 0.717) is 71.7 Å². The van der Waals surface area contributed by atoms with Crippen molar-refractivity contribution in [2.45, 2.75) is 38.6 Å². The number of rotatable bonds is 20. The summed E-state index contributed by atoms with van der Waals surface area (Å²) in [4.78, 5) is 50.6. The second-order valence-corrected chi connectivity index (χ2v) is 9.02. The summed E-state index contributed by atoms with van der Waals surface area (Å²) in [7, 11) is 0. The van der Waals surface area contributed by atoms with Gasteiger partial charge in [-0.25, -0.2) is 0 Å². The molecule has 0 aliphatic carbocycles. The molecule has 1 aromatic rings. The van der Waals surface area contributed by atoms with Gasteiger partial charge in [-0.15, -0.1) is 0 Å². The van der Waals surface area contributed by atoms with Gasteiger partial charge >= 0.3 is 0 Å². The summed E-state index contributed by atoms with van der Waals surface area (Å²) in [5.74, 6) is -2.13. The van der Waals surface area contributed by atoms with Crippen LogP contribution in [0.1, 0.15) is 53.3 Å². The van der Waals surface area contributed by atoms with E-state index in [9.17, 15) is 19.2 Å². The van der Waals surface area contributed by atoms with E-state index in [1.807, 2.05) is 0 Å². The van der Waals surface area contributed by atoms with Gasteiger partial charge < -0.3 is 29.0 Å². The van der Waals surface area contributed by atoms with Gasteiger partial charge in [-0.3, -0.25) is 29.4 Å². The van der Waals surface area contributed by atoms with Crippen LogP contribution in [-0.2, 0) is 33.3 Å². The van der Waals surface area contributed by atoms with E-state index < -0.39 is 29.7 Å². The minimum atomic E-state index is -0.995. The van der Waals surface area contributed by atoms with Crippen molar-refractivity contribution in [2.24, 2.45) is 0 Å². The molecule has 2 N–H and O–H groups in total. The van der Waals surface area contributed by atoms with Crippen molar-refractivity contribution in [3.05, 3.63) is 29.3 Å². The Balaban J connectivity index is 1.24. The van der Waals surface area contributed by atoms with Crippen LogP contribution in [0, 0.1) is 0 Å². The first-order chi connectivity index (χ1) is 19.0. The van der Waals surface area contributed by atoms with Gasteiger partial charge in [0.2, 0.25) is 11.8 Å². The third kappa shape index (κ3) is 9.36. The smallest absolute Gasteiger partial charge is 0.264 e. The number of nitrogens with zero attached hydrogens (tertiary/aromatic N) is 1. The number of piperidine rings is 1. The Morgan fingerprint density at radius 1 is 0.821 bits per heavy atom. The van der Waals surface area contributed by atoms with E-state index in [1.54, 1.807) is 18.2 Å². The topological polar surface area (TPSA) is 142 Å². The molecule has 0 aromatic heterocycles. The molecule has 12 heteroatoms. The first-order valence-electron chi connectivity index (χ1n) is 13.5. The Hall–Kier alpha value is -2.90. The van der Waals surface area contributed by atoms with Gasteiger partial charge in [0.25, 0.3) is 11.8 Å². The zero-order valence-electron chi connectivity index (χ0n) is 22.5. The Morgan fingerprint density at radius 3 is 2.00 bits per heavy atom. The van der Waals surface area contributed by atoms with E-state index in [4.69, 9.17) is 23.7 Å². The minimum Gasteiger partial charge on any atom is -0.382 e. The molecular weight excluding hydrogens is 510 g/mol. The summed E-state index contributed by atoms with van der Waals surface area (Å²) in [5, 5.41) is 5.33. The lowest BCUT2D eigenvalue weighted by Gasteiger charge is -2.27. The molecular formula is C27H39N3O9. The van der Waals surface area contributed by atoms with Gasteiger partial charge in [-0.05, 0) is 25.0 Å². The van der Waals surface area contributed by atoms with Crippen molar-refractivity contribution in [1.82, 2.24) is 10.2 Å². The Kier molecular flexibility index (Phi) is 13.3. The molecule has 2 aliphatic heterocycles. The lowest BCUT2D eigenvalue weighted by atomic mass is 10.0. The molecule has 1 aromatic carbocycles. The van der Waals surface area contributed by atoms with Gasteiger partial charge in [0.1, 0.15) is 6.04 Å². The fourth-order valence-corrected chi connectivity index (χ4v) is 4.15. The van der Waals surface area contributed by atoms with Crippen LogP contribution in [0.5, 0.6) is 0 Å². The summed E-state index contributed by atoms with van der Waals surface area (Å²) < 4.78 is 27.3. The molecule has 3 rings (SSSR count). The van der Waals surface area contributed by atoms with Gasteiger partial charge in [0.15, 0.2) is 0 Å². The van der Waals surface area contributed by atoms with E-state index in [0.717, 1.165) is 24.3 Å². The number of nitrogens with one attached hydrogen (secondary N) is 2. The van der Waals surface area contributed by atoms with Gasteiger partial charge in [-0.1, -0.05) is 19.4 Å². The monoisotopic (exact) mass is 549 g/mol. The number of carbonyl (C=O) groups is 4. The largest absolute Gasteiger partial charge is 0.382 e. The van der Waals surface area contributed by atoms with Crippen LogP contribution in [0.4, 0.5) is 5.69 Å². The number of hydrogen-bond donors (Lipinski definition) is 2. The normalized spacial score (nSPS) is 17.1. The molecule has 2 heterocycles. The van der Waals surface area contributed by atoms with Crippen molar-refractivity contribution >= 4 is 29.3 Å². The van der Waals surface area contributed by atoms with Crippen LogP contribution in [0.3, 0.4) is 0 Å². The van der Waals surface area contributed by atoms with E-state index in [-0.39, 0.29) is 24.0 Å². The molecule has 0 bridgehead atoms. The Labute approximate surface area is 228 Å². The van der Waals surface area contributed by atoms with Gasteiger partial charge in [0.05, 0.1) is 70.6 Å². The zero-order valence-corrected chi connectivity index (χ0v) is 22.5. The maximum Gasteiger partial charge on any atom is 0.264 e. The lowest BCUT2D eigenvalue weighted by Crippen LogP contribution is -2.54. The molecule has 1 unspecified atom stereocenters. The number of unbranched alkanes of at least 4 members (excludes halogenated alkanes) is 1. The van der Waals surface area contributed by atoms with Crippen molar-refractivity contribution in [3.63, 3.8) is 0 Å². The maximum absolute atomic E-state index is 13.1. The number of fused-ring (bicyclic) bond motifs is 1. The summed E-state index contributed by atoms with van der Waals surface area (Å²) in [6, 6.07) is 3.94. The molecule has 0 saturated carbocycles. The molecule has 1 atom stereocenters. The third-order valence-electron chi connectivity index (χ3n) is 6.16. The van der Waals surface area contributed by atoms with Gasteiger partial charge in [-0.2, -0.15) is 0 Å². The number of amides is 4. The number of anilines is 1. The summed E-state index contributed by atoms with van der Waals surface area (Å²) >= 11 is 0. The van der Waals surface area contributed by atoms with Crippen molar-refractivity contribution < 1.29 is 42.9 Å². The predicted octanol–water partition coefficient (Wildman–Crippen LogP) is 1.38. The fraction of sp³-hybridized carbons (Fsp3) is 0.630. The molecule has 12 nitrogen and oxygen atoms in total. The maximum atomic E-state index is 13.1. The van der Waals surface area contributed by atoms with Crippen LogP contribution >= 0.6 is 0 Å². The fourth-order valence-electron chi connectivity index (χ4n) is 4.15. The average molecular weight is 550 g/mol. The second-order valence-electron chi connectivity index (χ2n) is 9.02. The van der Waals surface area contributed by atoms with Crippen molar-refractivity contribution in [1.29, 1.82) is 0 Å². The lowest BCUT2D eigenvalue weighted by molar-refractivity contribution is -0.136. The highest BCUT2D eigenvalue weighted by Crippen LogP contribution is 2.32. The number of benzene rings is 1. The zero-order chi connectivity index (χ0) is 27.9. The van der Waals surface area contributed by atoms with E-state index >= 15 is 0 Å². The third-order valence-corrected chi connectivity index (χ3v) is 6.16. The molecule has 0 spiro atoms. The first-order valence-corrected chi connectivity index (χ1v) is 13.5. The Bertz CT molecular complexity index is 972. The van der Waals surface area contributed by atoms with Crippen molar-refractivity contribution in [3.8, 4) is 0 Å². The summed E-state index contributed by atoms with van der Waals surface area (Å²) in [6.07, 6.45) is 2.39. The van der Waals surface area contributed by atoms with Crippen LogP contribution in [0.25, 0.3) is 0 Å². The summed E-state index contributed by atoms with van der Waals surface area (Å²) in [6.45, 7) is 7.62. The molecule has 2 aliphatic rings. The number of hydrogen-bond acceptors (Lipinski definition) is 10. The van der Waals surface area contributed by atoms with Gasteiger partial charge in [0, 0.05) is 25.3 Å². The van der Waals surface area contributed by atoms with E-state index in [2.05, 4.69) is 17.6 Å². The minimum absolute atomic E-state index is 0.0768. The standard InChI is InChI=1S/C27H39N3O9/c1-2-3-10-35-12-14-37-16-18-39-19-17-38-15-13-36-11-9-28-21-6-4-5-20-24(21)27(34)30(26(20)33)22-7-8-23(31)29-25(22)32/h4-6,22,28H,2-3,7-19H2,1H3,(H,29,31,32). The van der Waals surface area contributed by atoms with Crippen LogP contribution < -0.4 is 10.6 Å². The molecule has 1 fully saturated rings. The average Bonchev–Trinajstić information content (AvgIpc) is 3.18. The predicted molar refractivity (Wildman–Crippen MR) is 141 cm³/mol. The molecule has 216 valence electrons. The number of carbonyl (C=O) groups excluding carboxylic acids is 4. The molecule has 0 radical (unpaired) electrons. The highest BCUT2D eigenvalue weighted by molar-refractivity contribution is 6.25. The highest BCUT2D eigenvalue weighted by atomic mass is 16.6. The number of ether oxygens (including phenoxy) is 5. The second kappa shape index (κ2) is 16.9. The van der Waals surface area contributed by atoms with Crippen LogP contribution in [0.2, 0.25) is 0 Å². The van der Waals surface area contributed by atoms with Crippen molar-refractivity contribution in [2.75, 3.05) is 77.9 Å². The van der Waals surface area contributed by atoms with Crippen LogP contribution in [0.15, 0.2) is 18.2 Å². The molecule has 4 amide bonds. The van der Waals surface area contributed by atoms with Crippen LogP contribution in [-0.4, -0.2) is 107 Å². The summed E-state index contributed by atoms with van der Waals surface area (Å²) in [5.41, 5.74) is 0.945. The first kappa shape index (κ1) is 30.6. The highest BCUT2D eigenvalue weighted by Gasteiger charge is 2.45. The Morgan fingerprint density at radius 2 is 1.41 bits per heavy atom. The van der Waals surface area contributed by atoms with E-state index in [1.165, 1.54) is 0 Å². The number of imide groups is 2. The molecule has 39 heavy (non-hydrogen) atoms. The SMILES string of the molecule is CCCCOCCOCCOCCOCCOCCNc1cccc2c1C(=O)N(C1CCC(=O)NC1=O)C2=O. The quantitative estimate of drug-likeness (QED) is 0.181. The molecule has 1 saturated heterocycles.